The summed E-state index contributed by atoms with van der Waals surface area (Å²) in [5.74, 6) is 0. The standard InChI is InChI=1S/C11H21N3/c1-2-8-14(9-6-12)10-11-5-3-4-7-13-11/h11,13H,2-5,7-10H2,1H3. The smallest absolute Gasteiger partial charge is 0.0866 e. The van der Waals surface area contributed by atoms with Crippen molar-refractivity contribution < 1.29 is 0 Å². The Bertz CT molecular complexity index is 179. The van der Waals surface area contributed by atoms with Crippen LogP contribution in [0.25, 0.3) is 0 Å². The molecule has 1 heterocycles. The van der Waals surface area contributed by atoms with E-state index in [4.69, 9.17) is 5.26 Å². The zero-order valence-electron chi connectivity index (χ0n) is 9.13. The van der Waals surface area contributed by atoms with Crippen molar-refractivity contribution in [2.45, 2.75) is 38.6 Å². The zero-order valence-corrected chi connectivity index (χ0v) is 9.13. The number of nitrogens with one attached hydrogen (secondary N) is 1. The van der Waals surface area contributed by atoms with Crippen molar-refractivity contribution >= 4 is 0 Å². The van der Waals surface area contributed by atoms with Gasteiger partial charge in [-0.2, -0.15) is 5.26 Å². The third-order valence-electron chi connectivity index (χ3n) is 2.73. The van der Waals surface area contributed by atoms with Gasteiger partial charge in [-0.1, -0.05) is 13.3 Å². The summed E-state index contributed by atoms with van der Waals surface area (Å²) in [5.41, 5.74) is 0. The summed E-state index contributed by atoms with van der Waals surface area (Å²) in [7, 11) is 0. The van der Waals surface area contributed by atoms with Gasteiger partial charge in [0.1, 0.15) is 0 Å². The van der Waals surface area contributed by atoms with Gasteiger partial charge in [0.25, 0.3) is 0 Å². The minimum absolute atomic E-state index is 0.575. The summed E-state index contributed by atoms with van der Waals surface area (Å²) in [5, 5.41) is 12.2. The second kappa shape index (κ2) is 6.80. The first-order chi connectivity index (χ1) is 6.86. The maximum absolute atomic E-state index is 8.68. The second-order valence-corrected chi connectivity index (χ2v) is 4.04. The first-order valence-electron chi connectivity index (χ1n) is 5.69. The number of rotatable bonds is 5. The Hall–Kier alpha value is -0.590. The SMILES string of the molecule is CCCN(CC#N)CC1CCCCN1. The summed E-state index contributed by atoms with van der Waals surface area (Å²) < 4.78 is 0. The summed E-state index contributed by atoms with van der Waals surface area (Å²) >= 11 is 0. The summed E-state index contributed by atoms with van der Waals surface area (Å²) in [4.78, 5) is 2.25. The number of nitriles is 1. The Morgan fingerprint density at radius 1 is 1.50 bits per heavy atom. The van der Waals surface area contributed by atoms with E-state index in [9.17, 15) is 0 Å². The van der Waals surface area contributed by atoms with E-state index < -0.39 is 0 Å². The topological polar surface area (TPSA) is 39.1 Å². The molecule has 1 N–H and O–H groups in total. The highest BCUT2D eigenvalue weighted by molar-refractivity contribution is 4.81. The van der Waals surface area contributed by atoms with Crippen LogP contribution in [-0.2, 0) is 0 Å². The van der Waals surface area contributed by atoms with E-state index in [1.54, 1.807) is 0 Å². The maximum Gasteiger partial charge on any atom is 0.0866 e. The summed E-state index contributed by atoms with van der Waals surface area (Å²) in [6.45, 7) is 5.98. The van der Waals surface area contributed by atoms with Gasteiger partial charge in [0.15, 0.2) is 0 Å². The molecule has 1 saturated heterocycles. The molecule has 3 heteroatoms. The first-order valence-corrected chi connectivity index (χ1v) is 5.69. The quantitative estimate of drug-likeness (QED) is 0.673. The van der Waals surface area contributed by atoms with Crippen LogP contribution in [0.2, 0.25) is 0 Å². The Morgan fingerprint density at radius 2 is 2.36 bits per heavy atom. The third-order valence-corrected chi connectivity index (χ3v) is 2.73. The molecular formula is C11H21N3. The fourth-order valence-corrected chi connectivity index (χ4v) is 2.04. The monoisotopic (exact) mass is 195 g/mol. The molecule has 0 saturated carbocycles. The van der Waals surface area contributed by atoms with E-state index in [2.05, 4.69) is 23.2 Å². The van der Waals surface area contributed by atoms with Gasteiger partial charge in [0, 0.05) is 12.6 Å². The van der Waals surface area contributed by atoms with Crippen LogP contribution in [0.1, 0.15) is 32.6 Å². The molecule has 0 aliphatic carbocycles. The van der Waals surface area contributed by atoms with Gasteiger partial charge in [-0.25, -0.2) is 0 Å². The molecule has 1 unspecified atom stereocenters. The molecule has 0 aromatic carbocycles. The molecule has 1 rings (SSSR count). The van der Waals surface area contributed by atoms with Crippen molar-refractivity contribution in [2.75, 3.05) is 26.2 Å². The van der Waals surface area contributed by atoms with Gasteiger partial charge >= 0.3 is 0 Å². The summed E-state index contributed by atoms with van der Waals surface area (Å²) in [6, 6.07) is 2.85. The molecule has 0 bridgehead atoms. The average molecular weight is 195 g/mol. The molecule has 3 nitrogen and oxygen atoms in total. The summed E-state index contributed by atoms with van der Waals surface area (Å²) in [6.07, 6.45) is 5.05. The van der Waals surface area contributed by atoms with Crippen LogP contribution in [0.15, 0.2) is 0 Å². The highest BCUT2D eigenvalue weighted by atomic mass is 15.1. The van der Waals surface area contributed by atoms with E-state index in [0.29, 0.717) is 12.6 Å². The average Bonchev–Trinajstić information content (AvgIpc) is 2.20. The Morgan fingerprint density at radius 3 is 2.93 bits per heavy atom. The molecule has 80 valence electrons. The molecule has 14 heavy (non-hydrogen) atoms. The van der Waals surface area contributed by atoms with Crippen LogP contribution in [0.3, 0.4) is 0 Å². The van der Waals surface area contributed by atoms with Gasteiger partial charge in [0.05, 0.1) is 12.6 Å². The van der Waals surface area contributed by atoms with Crippen LogP contribution in [0, 0.1) is 11.3 Å². The first kappa shape index (κ1) is 11.5. The lowest BCUT2D eigenvalue weighted by Gasteiger charge is -2.28. The Balaban J connectivity index is 2.26. The molecule has 0 spiro atoms. The van der Waals surface area contributed by atoms with Gasteiger partial charge in [0.2, 0.25) is 0 Å². The predicted octanol–water partition coefficient (Wildman–Crippen LogP) is 1.36. The van der Waals surface area contributed by atoms with Crippen LogP contribution < -0.4 is 5.32 Å². The van der Waals surface area contributed by atoms with Crippen molar-refractivity contribution in [1.29, 1.82) is 5.26 Å². The molecule has 1 aliphatic heterocycles. The van der Waals surface area contributed by atoms with Crippen LogP contribution in [0.5, 0.6) is 0 Å². The van der Waals surface area contributed by atoms with Crippen molar-refractivity contribution in [1.82, 2.24) is 10.2 Å². The largest absolute Gasteiger partial charge is 0.313 e. The fourth-order valence-electron chi connectivity index (χ4n) is 2.04. The molecule has 1 aliphatic rings. The second-order valence-electron chi connectivity index (χ2n) is 4.04. The Labute approximate surface area is 87.1 Å². The lowest BCUT2D eigenvalue weighted by molar-refractivity contribution is 0.245. The van der Waals surface area contributed by atoms with Crippen molar-refractivity contribution in [3.05, 3.63) is 0 Å². The number of hydrogen-bond acceptors (Lipinski definition) is 3. The number of hydrogen-bond donors (Lipinski definition) is 1. The van der Waals surface area contributed by atoms with Gasteiger partial charge in [-0.15, -0.1) is 0 Å². The van der Waals surface area contributed by atoms with E-state index in [-0.39, 0.29) is 0 Å². The van der Waals surface area contributed by atoms with E-state index in [0.717, 1.165) is 26.1 Å². The molecule has 0 aromatic heterocycles. The van der Waals surface area contributed by atoms with Gasteiger partial charge in [-0.3, -0.25) is 4.90 Å². The molecular weight excluding hydrogens is 174 g/mol. The highest BCUT2D eigenvalue weighted by Crippen LogP contribution is 2.08. The van der Waals surface area contributed by atoms with E-state index in [1.165, 1.54) is 19.3 Å². The van der Waals surface area contributed by atoms with Crippen molar-refractivity contribution in [3.8, 4) is 6.07 Å². The zero-order chi connectivity index (χ0) is 10.2. The molecule has 1 fully saturated rings. The molecule has 0 aromatic rings. The van der Waals surface area contributed by atoms with E-state index in [1.807, 2.05) is 0 Å². The molecule has 1 atom stereocenters. The predicted molar refractivity (Wildman–Crippen MR) is 58.0 cm³/mol. The van der Waals surface area contributed by atoms with Gasteiger partial charge < -0.3 is 5.32 Å². The molecule has 0 amide bonds. The van der Waals surface area contributed by atoms with Crippen LogP contribution in [0.4, 0.5) is 0 Å². The third kappa shape index (κ3) is 4.08. The number of piperidine rings is 1. The minimum atomic E-state index is 0.575. The maximum atomic E-state index is 8.68. The lowest BCUT2D eigenvalue weighted by Crippen LogP contribution is -2.44. The lowest BCUT2D eigenvalue weighted by atomic mass is 10.0. The number of nitrogens with zero attached hydrogens (tertiary/aromatic N) is 2. The normalized spacial score (nSPS) is 22.2. The van der Waals surface area contributed by atoms with Gasteiger partial charge in [-0.05, 0) is 32.4 Å². The van der Waals surface area contributed by atoms with E-state index >= 15 is 0 Å². The minimum Gasteiger partial charge on any atom is -0.313 e. The molecule has 0 radical (unpaired) electrons. The Kier molecular flexibility index (Phi) is 5.58. The van der Waals surface area contributed by atoms with Crippen molar-refractivity contribution in [2.24, 2.45) is 0 Å². The highest BCUT2D eigenvalue weighted by Gasteiger charge is 2.15. The van der Waals surface area contributed by atoms with Crippen LogP contribution in [-0.4, -0.2) is 37.1 Å². The fraction of sp³-hybridized carbons (Fsp3) is 0.909. The van der Waals surface area contributed by atoms with Crippen molar-refractivity contribution in [3.63, 3.8) is 0 Å². The van der Waals surface area contributed by atoms with Crippen LogP contribution >= 0.6 is 0 Å².